The number of fused-ring (bicyclic) bond motifs is 3. The molecule has 0 bridgehead atoms. The molecule has 0 aliphatic heterocycles. The third kappa shape index (κ3) is 2.72. The molecule has 1 aliphatic carbocycles. The molecular weight excluding hydrogens is 308 g/mol. The molecular formula is C14H16N2O3S2. The summed E-state index contributed by atoms with van der Waals surface area (Å²) in [5, 5.41) is 0.818. The van der Waals surface area contributed by atoms with E-state index in [-0.39, 0.29) is 11.5 Å². The monoisotopic (exact) mass is 324 g/mol. The van der Waals surface area contributed by atoms with E-state index in [9.17, 15) is 9.59 Å². The van der Waals surface area contributed by atoms with Crippen molar-refractivity contribution in [2.24, 2.45) is 0 Å². The number of nitrogens with zero attached hydrogens (tertiary/aromatic N) is 1. The fourth-order valence-corrected chi connectivity index (χ4v) is 4.72. The van der Waals surface area contributed by atoms with Gasteiger partial charge in [0.15, 0.2) is 5.16 Å². The van der Waals surface area contributed by atoms with Crippen molar-refractivity contribution in [3.8, 4) is 0 Å². The number of nitrogens with one attached hydrogen (secondary N) is 1. The third-order valence-electron chi connectivity index (χ3n) is 3.62. The van der Waals surface area contributed by atoms with Crippen molar-refractivity contribution in [2.45, 2.75) is 43.0 Å². The van der Waals surface area contributed by atoms with Gasteiger partial charge in [-0.15, -0.1) is 11.3 Å². The number of aromatic nitrogens is 2. The molecule has 1 aliphatic rings. The van der Waals surface area contributed by atoms with Crippen molar-refractivity contribution >= 4 is 39.3 Å². The predicted molar refractivity (Wildman–Crippen MR) is 84.2 cm³/mol. The summed E-state index contributed by atoms with van der Waals surface area (Å²) in [6, 6.07) is 0. The van der Waals surface area contributed by atoms with Gasteiger partial charge in [-0.25, -0.2) is 4.98 Å². The van der Waals surface area contributed by atoms with Gasteiger partial charge >= 0.3 is 5.97 Å². The van der Waals surface area contributed by atoms with Crippen molar-refractivity contribution in [1.82, 2.24) is 9.97 Å². The van der Waals surface area contributed by atoms with Crippen molar-refractivity contribution in [2.75, 3.05) is 7.11 Å². The van der Waals surface area contributed by atoms with Crippen molar-refractivity contribution < 1.29 is 9.53 Å². The van der Waals surface area contributed by atoms with Crippen molar-refractivity contribution in [1.29, 1.82) is 0 Å². The van der Waals surface area contributed by atoms with E-state index in [0.717, 1.165) is 29.5 Å². The maximum absolute atomic E-state index is 12.3. The normalized spacial score (nSPS) is 15.7. The number of thioether (sulfide) groups is 1. The number of methoxy groups -OCH3 is 1. The SMILES string of the molecule is COC(=O)[C@@H](C)Sc1nc2sc3c(c2c(=O)[nH]1)CCCC3. The number of carbonyl (C=O) groups is 1. The van der Waals surface area contributed by atoms with E-state index in [1.807, 2.05) is 0 Å². The minimum absolute atomic E-state index is 0.0982. The number of hydrogen-bond donors (Lipinski definition) is 1. The Kier molecular flexibility index (Phi) is 4.03. The number of carbonyl (C=O) groups excluding carboxylic acids is 1. The number of esters is 1. The fourth-order valence-electron chi connectivity index (χ4n) is 2.58. The van der Waals surface area contributed by atoms with Crippen LogP contribution in [0.1, 0.15) is 30.2 Å². The lowest BCUT2D eigenvalue weighted by Crippen LogP contribution is -2.17. The van der Waals surface area contributed by atoms with Gasteiger partial charge in [-0.1, -0.05) is 11.8 Å². The molecule has 3 rings (SSSR count). The standard InChI is InChI=1S/C14H16N2O3S2/c1-7(13(18)19-2)20-14-15-11(17)10-8-5-3-4-6-9(8)21-12(10)16-14/h7H,3-6H2,1-2H3,(H,15,16,17)/t7-/m1/s1. The molecule has 7 heteroatoms. The third-order valence-corrected chi connectivity index (χ3v) is 5.77. The van der Waals surface area contributed by atoms with Gasteiger partial charge in [0.1, 0.15) is 10.1 Å². The molecule has 0 amide bonds. The zero-order valence-electron chi connectivity index (χ0n) is 11.9. The van der Waals surface area contributed by atoms with Gasteiger partial charge in [0.2, 0.25) is 0 Å². The van der Waals surface area contributed by atoms with Crippen LogP contribution in [0.25, 0.3) is 10.2 Å². The lowest BCUT2D eigenvalue weighted by molar-refractivity contribution is -0.139. The summed E-state index contributed by atoms with van der Waals surface area (Å²) in [4.78, 5) is 33.2. The van der Waals surface area contributed by atoms with Crippen LogP contribution in [0, 0.1) is 0 Å². The van der Waals surface area contributed by atoms with E-state index in [0.29, 0.717) is 5.16 Å². The first-order valence-electron chi connectivity index (χ1n) is 6.89. The molecule has 2 heterocycles. The van der Waals surface area contributed by atoms with Crippen LogP contribution < -0.4 is 5.56 Å². The van der Waals surface area contributed by atoms with Crippen LogP contribution >= 0.6 is 23.1 Å². The second-order valence-electron chi connectivity index (χ2n) is 5.05. The highest BCUT2D eigenvalue weighted by Crippen LogP contribution is 2.34. The van der Waals surface area contributed by atoms with Gasteiger partial charge < -0.3 is 9.72 Å². The van der Waals surface area contributed by atoms with E-state index < -0.39 is 5.25 Å². The minimum Gasteiger partial charge on any atom is -0.468 e. The Morgan fingerprint density at radius 3 is 2.95 bits per heavy atom. The molecule has 0 saturated heterocycles. The van der Waals surface area contributed by atoms with Crippen LogP contribution in [0.5, 0.6) is 0 Å². The van der Waals surface area contributed by atoms with Gasteiger partial charge in [0.05, 0.1) is 12.5 Å². The molecule has 2 aromatic heterocycles. The fraction of sp³-hybridized carbons (Fsp3) is 0.500. The van der Waals surface area contributed by atoms with Crippen LogP contribution in [0.2, 0.25) is 0 Å². The Balaban J connectivity index is 2.00. The summed E-state index contributed by atoms with van der Waals surface area (Å²) in [6.45, 7) is 1.74. The quantitative estimate of drug-likeness (QED) is 0.533. The largest absolute Gasteiger partial charge is 0.468 e. The summed E-state index contributed by atoms with van der Waals surface area (Å²) < 4.78 is 4.69. The van der Waals surface area contributed by atoms with Crippen molar-refractivity contribution in [3.05, 3.63) is 20.8 Å². The van der Waals surface area contributed by atoms with E-state index in [1.54, 1.807) is 18.3 Å². The second kappa shape index (κ2) is 5.81. The Hall–Kier alpha value is -1.34. The van der Waals surface area contributed by atoms with Crippen LogP contribution in [-0.4, -0.2) is 28.3 Å². The maximum atomic E-state index is 12.3. The molecule has 0 spiro atoms. The van der Waals surface area contributed by atoms with Crippen LogP contribution in [0.3, 0.4) is 0 Å². The van der Waals surface area contributed by atoms with Crippen LogP contribution in [0.15, 0.2) is 9.95 Å². The predicted octanol–water partition coefficient (Wildman–Crippen LogP) is 2.52. The molecule has 1 atom stereocenters. The van der Waals surface area contributed by atoms with Gasteiger partial charge in [-0.05, 0) is 38.2 Å². The number of thiophene rings is 1. The van der Waals surface area contributed by atoms with E-state index in [2.05, 4.69) is 9.97 Å². The summed E-state index contributed by atoms with van der Waals surface area (Å²) in [6.07, 6.45) is 4.31. The van der Waals surface area contributed by atoms with Crippen LogP contribution in [-0.2, 0) is 22.4 Å². The average Bonchev–Trinajstić information content (AvgIpc) is 2.84. The number of hydrogen-bond acceptors (Lipinski definition) is 6. The van der Waals surface area contributed by atoms with Crippen LogP contribution in [0.4, 0.5) is 0 Å². The summed E-state index contributed by atoms with van der Waals surface area (Å²) in [5.41, 5.74) is 1.08. The molecule has 1 N–H and O–H groups in total. The number of aromatic amines is 1. The number of ether oxygens (including phenoxy) is 1. The van der Waals surface area contributed by atoms with Gasteiger partial charge in [-0.2, -0.15) is 0 Å². The smallest absolute Gasteiger partial charge is 0.318 e. The first-order valence-corrected chi connectivity index (χ1v) is 8.59. The van der Waals surface area contributed by atoms with Gasteiger partial charge in [0.25, 0.3) is 5.56 Å². The highest BCUT2D eigenvalue weighted by Gasteiger charge is 2.21. The first-order chi connectivity index (χ1) is 10.1. The summed E-state index contributed by atoms with van der Waals surface area (Å²) in [5.74, 6) is -0.326. The lowest BCUT2D eigenvalue weighted by Gasteiger charge is -2.10. The Labute approximate surface area is 130 Å². The minimum atomic E-state index is -0.398. The summed E-state index contributed by atoms with van der Waals surface area (Å²) >= 11 is 2.83. The molecule has 0 aromatic carbocycles. The maximum Gasteiger partial charge on any atom is 0.318 e. The molecule has 0 saturated carbocycles. The molecule has 5 nitrogen and oxygen atoms in total. The molecule has 0 fully saturated rings. The topological polar surface area (TPSA) is 72.0 Å². The summed E-state index contributed by atoms with van der Waals surface area (Å²) in [7, 11) is 1.35. The Morgan fingerprint density at radius 1 is 1.43 bits per heavy atom. The van der Waals surface area contributed by atoms with E-state index in [1.165, 1.54) is 35.7 Å². The van der Waals surface area contributed by atoms with Crippen molar-refractivity contribution in [3.63, 3.8) is 0 Å². The average molecular weight is 324 g/mol. The van der Waals surface area contributed by atoms with Gasteiger partial charge in [-0.3, -0.25) is 9.59 Å². The van der Waals surface area contributed by atoms with Gasteiger partial charge in [0, 0.05) is 4.88 Å². The zero-order valence-corrected chi connectivity index (χ0v) is 13.5. The molecule has 2 aromatic rings. The second-order valence-corrected chi connectivity index (χ2v) is 7.46. The highest BCUT2D eigenvalue weighted by molar-refractivity contribution is 8.00. The molecule has 0 radical (unpaired) electrons. The number of aryl methyl sites for hydroxylation is 2. The number of rotatable bonds is 3. The molecule has 0 unspecified atom stereocenters. The highest BCUT2D eigenvalue weighted by atomic mass is 32.2. The first kappa shape index (κ1) is 14.6. The van der Waals surface area contributed by atoms with E-state index >= 15 is 0 Å². The molecule has 112 valence electrons. The Morgan fingerprint density at radius 2 is 2.19 bits per heavy atom. The lowest BCUT2D eigenvalue weighted by atomic mass is 9.97. The van der Waals surface area contributed by atoms with E-state index in [4.69, 9.17) is 4.74 Å². The molecule has 21 heavy (non-hydrogen) atoms. The number of H-pyrrole nitrogens is 1. The Bertz CT molecular complexity index is 750. The zero-order chi connectivity index (χ0) is 15.0.